The molecule has 0 aromatic carbocycles. The summed E-state index contributed by atoms with van der Waals surface area (Å²) < 4.78 is 5.31. The van der Waals surface area contributed by atoms with Crippen molar-refractivity contribution in [2.75, 3.05) is 0 Å². The van der Waals surface area contributed by atoms with Gasteiger partial charge in [-0.05, 0) is 56.9 Å². The van der Waals surface area contributed by atoms with Crippen molar-refractivity contribution in [2.24, 2.45) is 17.8 Å². The summed E-state index contributed by atoms with van der Waals surface area (Å²) in [6.45, 7) is 3.52. The molecule has 0 saturated heterocycles. The minimum absolute atomic E-state index is 0.0984. The van der Waals surface area contributed by atoms with Gasteiger partial charge in [-0.2, -0.15) is 0 Å². The van der Waals surface area contributed by atoms with Gasteiger partial charge in [0.2, 0.25) is 5.91 Å². The molecule has 0 unspecified atom stereocenters. The lowest BCUT2D eigenvalue weighted by Gasteiger charge is -2.20. The molecule has 0 radical (unpaired) electrons. The molecular formula is C16H22N2O3. The highest BCUT2D eigenvalue weighted by Gasteiger charge is 2.40. The van der Waals surface area contributed by atoms with E-state index in [1.807, 2.05) is 0 Å². The normalized spacial score (nSPS) is 26.9. The molecule has 2 saturated carbocycles. The van der Waals surface area contributed by atoms with Crippen LogP contribution in [0.3, 0.4) is 0 Å². The van der Waals surface area contributed by atoms with Crippen LogP contribution in [0.5, 0.6) is 0 Å². The number of carbonyl (C=O) groups is 2. The van der Waals surface area contributed by atoms with Gasteiger partial charge in [-0.1, -0.05) is 6.42 Å². The Morgan fingerprint density at radius 1 is 1.24 bits per heavy atom. The lowest BCUT2D eigenvalue weighted by Crippen LogP contribution is -2.42. The van der Waals surface area contributed by atoms with Gasteiger partial charge in [-0.3, -0.25) is 20.4 Å². The number of fused-ring (bicyclic) bond motifs is 2. The van der Waals surface area contributed by atoms with Crippen LogP contribution in [0.4, 0.5) is 0 Å². The molecule has 2 fully saturated rings. The summed E-state index contributed by atoms with van der Waals surface area (Å²) in [5, 5.41) is 0. The minimum Gasteiger partial charge on any atom is -0.466 e. The Labute approximate surface area is 124 Å². The lowest BCUT2D eigenvalue weighted by atomic mass is 9.86. The highest BCUT2D eigenvalue weighted by atomic mass is 16.3. The summed E-state index contributed by atoms with van der Waals surface area (Å²) in [7, 11) is 0. The van der Waals surface area contributed by atoms with Crippen LogP contribution in [0.1, 0.15) is 54.0 Å². The quantitative estimate of drug-likeness (QED) is 0.840. The third-order valence-electron chi connectivity index (χ3n) is 4.93. The molecule has 1 aromatic heterocycles. The van der Waals surface area contributed by atoms with E-state index >= 15 is 0 Å². The molecule has 21 heavy (non-hydrogen) atoms. The predicted octanol–water partition coefficient (Wildman–Crippen LogP) is 2.48. The molecule has 1 heterocycles. The average Bonchev–Trinajstić information content (AvgIpc) is 3.11. The van der Waals surface area contributed by atoms with E-state index in [4.69, 9.17) is 4.42 Å². The molecule has 2 aliphatic carbocycles. The number of amides is 2. The number of aryl methyl sites for hydroxylation is 2. The Morgan fingerprint density at radius 3 is 2.62 bits per heavy atom. The van der Waals surface area contributed by atoms with Crippen molar-refractivity contribution in [3.8, 4) is 0 Å². The first-order valence-corrected chi connectivity index (χ1v) is 7.69. The molecule has 1 aromatic rings. The Balaban J connectivity index is 1.47. The molecule has 2 amide bonds. The van der Waals surface area contributed by atoms with Crippen LogP contribution >= 0.6 is 0 Å². The van der Waals surface area contributed by atoms with Crippen molar-refractivity contribution in [1.82, 2.24) is 10.9 Å². The van der Waals surface area contributed by atoms with Crippen molar-refractivity contribution >= 4 is 11.8 Å². The van der Waals surface area contributed by atoms with Crippen molar-refractivity contribution in [2.45, 2.75) is 46.0 Å². The second-order valence-electron chi connectivity index (χ2n) is 6.47. The summed E-state index contributed by atoms with van der Waals surface area (Å²) in [5.41, 5.74) is 5.46. The van der Waals surface area contributed by atoms with E-state index in [0.29, 0.717) is 29.4 Å². The number of hydrogen-bond acceptors (Lipinski definition) is 3. The maximum Gasteiger partial charge on any atom is 0.273 e. The Hall–Kier alpha value is -1.78. The summed E-state index contributed by atoms with van der Waals surface area (Å²) in [4.78, 5) is 23.9. The van der Waals surface area contributed by atoms with E-state index < -0.39 is 0 Å². The smallest absolute Gasteiger partial charge is 0.273 e. The first-order valence-electron chi connectivity index (χ1n) is 7.69. The van der Waals surface area contributed by atoms with Gasteiger partial charge >= 0.3 is 0 Å². The Kier molecular flexibility index (Phi) is 3.74. The summed E-state index contributed by atoms with van der Waals surface area (Å²) in [6, 6.07) is 1.67. The first kappa shape index (κ1) is 14.2. The number of furan rings is 1. The molecule has 2 N–H and O–H groups in total. The first-order chi connectivity index (χ1) is 10.0. The van der Waals surface area contributed by atoms with Gasteiger partial charge < -0.3 is 4.42 Å². The fraction of sp³-hybridized carbons (Fsp3) is 0.625. The Bertz CT molecular complexity index is 564. The number of nitrogens with one attached hydrogen (secondary N) is 2. The highest BCUT2D eigenvalue weighted by molar-refractivity contribution is 5.96. The van der Waals surface area contributed by atoms with Gasteiger partial charge in [0.25, 0.3) is 5.91 Å². The molecular weight excluding hydrogens is 268 g/mol. The van der Waals surface area contributed by atoms with E-state index in [1.54, 1.807) is 19.9 Å². The zero-order valence-electron chi connectivity index (χ0n) is 12.6. The number of carbonyl (C=O) groups excluding carboxylic acids is 2. The van der Waals surface area contributed by atoms with Crippen molar-refractivity contribution in [3.63, 3.8) is 0 Å². The summed E-state index contributed by atoms with van der Waals surface area (Å²) >= 11 is 0. The van der Waals surface area contributed by atoms with Gasteiger partial charge in [0.1, 0.15) is 11.5 Å². The van der Waals surface area contributed by atoms with Crippen molar-refractivity contribution in [3.05, 3.63) is 23.2 Å². The highest BCUT2D eigenvalue weighted by Crippen LogP contribution is 2.49. The van der Waals surface area contributed by atoms with E-state index in [2.05, 4.69) is 10.9 Å². The second-order valence-corrected chi connectivity index (χ2v) is 6.47. The largest absolute Gasteiger partial charge is 0.466 e. The van der Waals surface area contributed by atoms with Crippen molar-refractivity contribution < 1.29 is 14.0 Å². The zero-order valence-corrected chi connectivity index (χ0v) is 12.6. The van der Waals surface area contributed by atoms with Crippen molar-refractivity contribution in [1.29, 1.82) is 0 Å². The van der Waals surface area contributed by atoms with Gasteiger partial charge in [-0.15, -0.1) is 0 Å². The SMILES string of the molecule is Cc1cc(C(=O)NNC(=O)C[C@H]2C[C@@H]3CC[C@@H]2C3)c(C)o1. The van der Waals surface area contributed by atoms with E-state index in [0.717, 1.165) is 11.8 Å². The third-order valence-corrected chi connectivity index (χ3v) is 4.93. The zero-order chi connectivity index (χ0) is 15.0. The van der Waals surface area contributed by atoms with Crippen LogP contribution in [0.2, 0.25) is 0 Å². The van der Waals surface area contributed by atoms with E-state index in [9.17, 15) is 9.59 Å². The average molecular weight is 290 g/mol. The number of hydrazine groups is 1. The second kappa shape index (κ2) is 5.54. The molecule has 3 atom stereocenters. The van der Waals surface area contributed by atoms with E-state index in [1.165, 1.54) is 25.7 Å². The van der Waals surface area contributed by atoms with Gasteiger partial charge in [0, 0.05) is 6.42 Å². The van der Waals surface area contributed by atoms with Crippen LogP contribution in [0.15, 0.2) is 10.5 Å². The molecule has 2 bridgehead atoms. The van der Waals surface area contributed by atoms with Gasteiger partial charge in [0.05, 0.1) is 5.56 Å². The van der Waals surface area contributed by atoms with Crippen LogP contribution < -0.4 is 10.9 Å². The monoisotopic (exact) mass is 290 g/mol. The molecule has 5 heteroatoms. The Morgan fingerprint density at radius 2 is 2.05 bits per heavy atom. The molecule has 0 aliphatic heterocycles. The topological polar surface area (TPSA) is 71.3 Å². The maximum absolute atomic E-state index is 12.0. The standard InChI is InChI=1S/C16H22N2O3/c1-9-5-14(10(2)21-9)16(20)18-17-15(19)8-13-7-11-3-4-12(13)6-11/h5,11-13H,3-4,6-8H2,1-2H3,(H,17,19)(H,18,20)/t11-,12-,13-/m1/s1. The van der Waals surface area contributed by atoms with E-state index in [-0.39, 0.29) is 11.8 Å². The van der Waals surface area contributed by atoms with Crippen LogP contribution in [-0.2, 0) is 4.79 Å². The van der Waals surface area contributed by atoms with Gasteiger partial charge in [-0.25, -0.2) is 0 Å². The maximum atomic E-state index is 12.0. The summed E-state index contributed by atoms with van der Waals surface area (Å²) in [6.07, 6.45) is 5.58. The molecule has 3 rings (SSSR count). The number of rotatable bonds is 3. The van der Waals surface area contributed by atoms with Crippen LogP contribution in [0.25, 0.3) is 0 Å². The molecule has 114 valence electrons. The van der Waals surface area contributed by atoms with Gasteiger partial charge in [0.15, 0.2) is 0 Å². The van der Waals surface area contributed by atoms with Crippen LogP contribution in [-0.4, -0.2) is 11.8 Å². The third kappa shape index (κ3) is 2.96. The molecule has 5 nitrogen and oxygen atoms in total. The fourth-order valence-electron chi connectivity index (χ4n) is 3.97. The summed E-state index contributed by atoms with van der Waals surface area (Å²) in [5.74, 6) is 2.87. The lowest BCUT2D eigenvalue weighted by molar-refractivity contribution is -0.123. The van der Waals surface area contributed by atoms with Crippen LogP contribution in [0, 0.1) is 31.6 Å². The fourth-order valence-corrected chi connectivity index (χ4v) is 3.97. The predicted molar refractivity (Wildman–Crippen MR) is 77.3 cm³/mol. The minimum atomic E-state index is -0.328. The molecule has 0 spiro atoms. The molecule has 2 aliphatic rings. The number of hydrogen-bond donors (Lipinski definition) is 2.